The van der Waals surface area contributed by atoms with Crippen molar-refractivity contribution in [3.8, 4) is 11.4 Å². The predicted molar refractivity (Wildman–Crippen MR) is 95.1 cm³/mol. The van der Waals surface area contributed by atoms with Gasteiger partial charge in [0, 0.05) is 36.8 Å². The Morgan fingerprint density at radius 2 is 1.78 bits per heavy atom. The fourth-order valence-electron chi connectivity index (χ4n) is 3.01. The molecule has 0 spiro atoms. The van der Waals surface area contributed by atoms with Crippen LogP contribution in [0.5, 0.6) is 0 Å². The van der Waals surface area contributed by atoms with E-state index < -0.39 is 15.8 Å². The molecule has 0 unspecified atom stereocenters. The lowest BCUT2D eigenvalue weighted by Crippen LogP contribution is -2.36. The van der Waals surface area contributed by atoms with Crippen LogP contribution in [-0.2, 0) is 23.0 Å². The molecule has 0 fully saturated rings. The van der Waals surface area contributed by atoms with Gasteiger partial charge in [-0.3, -0.25) is 0 Å². The molecule has 3 aromatic rings. The van der Waals surface area contributed by atoms with Crippen molar-refractivity contribution in [3.63, 3.8) is 0 Å². The molecule has 0 saturated carbocycles. The second kappa shape index (κ2) is 6.79. The van der Waals surface area contributed by atoms with Gasteiger partial charge in [-0.2, -0.15) is 4.31 Å². The first kappa shape index (κ1) is 17.7. The minimum Gasteiger partial charge on any atom is -0.236 e. The van der Waals surface area contributed by atoms with E-state index in [1.165, 1.54) is 34.6 Å². The molecule has 0 aliphatic carbocycles. The van der Waals surface area contributed by atoms with E-state index in [-0.39, 0.29) is 23.8 Å². The summed E-state index contributed by atoms with van der Waals surface area (Å²) in [6.45, 7) is 0.365. The molecule has 138 valence electrons. The zero-order valence-electron chi connectivity index (χ0n) is 14.1. The molecule has 0 atom stereocenters. The number of benzene rings is 2. The Hall–Kier alpha value is -2.71. The number of hydrogen-bond acceptors (Lipinski definition) is 4. The topological polar surface area (TPSA) is 63.2 Å². The molecule has 8 heteroatoms. The average molecular weight is 387 g/mol. The summed E-state index contributed by atoms with van der Waals surface area (Å²) in [4.78, 5) is 8.71. The van der Waals surface area contributed by atoms with Gasteiger partial charge in [0.05, 0.1) is 10.6 Å². The SMILES string of the molecule is O=S(=O)(c1cccc(F)c1)N1CCc2nc(-c3ccc(F)cc3)ncc2C1. The summed E-state index contributed by atoms with van der Waals surface area (Å²) in [7, 11) is -3.80. The van der Waals surface area contributed by atoms with Crippen LogP contribution < -0.4 is 0 Å². The van der Waals surface area contributed by atoms with Gasteiger partial charge in [0.15, 0.2) is 5.82 Å². The summed E-state index contributed by atoms with van der Waals surface area (Å²) < 4.78 is 53.3. The predicted octanol–water partition coefficient (Wildman–Crippen LogP) is 3.17. The van der Waals surface area contributed by atoms with Gasteiger partial charge in [0.25, 0.3) is 0 Å². The molecular weight excluding hydrogens is 372 g/mol. The largest absolute Gasteiger partial charge is 0.243 e. The van der Waals surface area contributed by atoms with Gasteiger partial charge >= 0.3 is 0 Å². The van der Waals surface area contributed by atoms with Crippen LogP contribution in [0, 0.1) is 11.6 Å². The van der Waals surface area contributed by atoms with E-state index in [9.17, 15) is 17.2 Å². The lowest BCUT2D eigenvalue weighted by Gasteiger charge is -2.27. The number of sulfonamides is 1. The highest BCUT2D eigenvalue weighted by atomic mass is 32.2. The van der Waals surface area contributed by atoms with E-state index in [1.807, 2.05) is 0 Å². The lowest BCUT2D eigenvalue weighted by atomic mass is 10.1. The Labute approximate surface area is 155 Å². The Morgan fingerprint density at radius 3 is 2.52 bits per heavy atom. The van der Waals surface area contributed by atoms with Crippen LogP contribution in [0.2, 0.25) is 0 Å². The lowest BCUT2D eigenvalue weighted by molar-refractivity contribution is 0.386. The zero-order chi connectivity index (χ0) is 19.0. The number of hydrogen-bond donors (Lipinski definition) is 0. The van der Waals surface area contributed by atoms with Crippen molar-refractivity contribution >= 4 is 10.0 Å². The number of halogens is 2. The third-order valence-corrected chi connectivity index (χ3v) is 6.28. The Balaban J connectivity index is 1.61. The van der Waals surface area contributed by atoms with Gasteiger partial charge in [-0.1, -0.05) is 6.07 Å². The summed E-state index contributed by atoms with van der Waals surface area (Å²) in [5.74, 6) is -0.467. The summed E-state index contributed by atoms with van der Waals surface area (Å²) >= 11 is 0. The third-order valence-electron chi connectivity index (χ3n) is 4.44. The summed E-state index contributed by atoms with van der Waals surface area (Å²) in [5, 5.41) is 0. The van der Waals surface area contributed by atoms with Crippen LogP contribution in [0.15, 0.2) is 59.6 Å². The molecule has 0 amide bonds. The molecule has 0 bridgehead atoms. The van der Waals surface area contributed by atoms with Crippen LogP contribution >= 0.6 is 0 Å². The summed E-state index contributed by atoms with van der Waals surface area (Å²) in [5.41, 5.74) is 2.15. The molecule has 2 heterocycles. The van der Waals surface area contributed by atoms with Crippen LogP contribution in [-0.4, -0.2) is 29.2 Å². The minimum atomic E-state index is -3.80. The Morgan fingerprint density at radius 1 is 1.00 bits per heavy atom. The van der Waals surface area contributed by atoms with Gasteiger partial charge in [-0.25, -0.2) is 27.2 Å². The molecule has 4 rings (SSSR count). The highest BCUT2D eigenvalue weighted by molar-refractivity contribution is 7.89. The van der Waals surface area contributed by atoms with Gasteiger partial charge in [0.1, 0.15) is 11.6 Å². The summed E-state index contributed by atoms with van der Waals surface area (Å²) in [6.07, 6.45) is 2.01. The molecule has 1 aromatic heterocycles. The Kier molecular flexibility index (Phi) is 4.45. The van der Waals surface area contributed by atoms with E-state index in [4.69, 9.17) is 0 Å². The highest BCUT2D eigenvalue weighted by Crippen LogP contribution is 2.25. The first-order valence-corrected chi connectivity index (χ1v) is 9.74. The van der Waals surface area contributed by atoms with E-state index in [0.717, 1.165) is 11.8 Å². The second-order valence-corrected chi connectivity index (χ2v) is 8.16. The smallest absolute Gasteiger partial charge is 0.236 e. The monoisotopic (exact) mass is 387 g/mol. The molecule has 27 heavy (non-hydrogen) atoms. The van der Waals surface area contributed by atoms with Crippen molar-refractivity contribution in [2.45, 2.75) is 17.9 Å². The van der Waals surface area contributed by atoms with Gasteiger partial charge in [-0.05, 0) is 42.5 Å². The van der Waals surface area contributed by atoms with Crippen LogP contribution in [0.1, 0.15) is 11.3 Å². The molecule has 5 nitrogen and oxygen atoms in total. The molecule has 1 aliphatic heterocycles. The fraction of sp³-hybridized carbons (Fsp3) is 0.158. The molecule has 2 aromatic carbocycles. The maximum Gasteiger partial charge on any atom is 0.243 e. The molecule has 0 N–H and O–H groups in total. The van der Waals surface area contributed by atoms with Gasteiger partial charge in [-0.15, -0.1) is 0 Å². The first-order valence-electron chi connectivity index (χ1n) is 8.30. The van der Waals surface area contributed by atoms with E-state index in [1.54, 1.807) is 18.3 Å². The van der Waals surface area contributed by atoms with E-state index in [0.29, 0.717) is 23.4 Å². The zero-order valence-corrected chi connectivity index (χ0v) is 15.0. The molecule has 0 saturated heterocycles. The minimum absolute atomic E-state index is 0.0743. The number of aromatic nitrogens is 2. The van der Waals surface area contributed by atoms with Crippen molar-refractivity contribution in [1.82, 2.24) is 14.3 Å². The van der Waals surface area contributed by atoms with Crippen LogP contribution in [0.3, 0.4) is 0 Å². The Bertz CT molecular complexity index is 1100. The maximum atomic E-state index is 13.4. The van der Waals surface area contributed by atoms with Gasteiger partial charge in [0.2, 0.25) is 10.0 Å². The van der Waals surface area contributed by atoms with Crippen molar-refractivity contribution < 1.29 is 17.2 Å². The quantitative estimate of drug-likeness (QED) is 0.693. The molecular formula is C19H15F2N3O2S. The highest BCUT2D eigenvalue weighted by Gasteiger charge is 2.29. The summed E-state index contributed by atoms with van der Waals surface area (Å²) in [6, 6.07) is 10.8. The number of rotatable bonds is 3. The third kappa shape index (κ3) is 3.45. The fourth-order valence-corrected chi connectivity index (χ4v) is 4.46. The average Bonchev–Trinajstić information content (AvgIpc) is 2.68. The van der Waals surface area contributed by atoms with E-state index in [2.05, 4.69) is 9.97 Å². The van der Waals surface area contributed by atoms with Crippen molar-refractivity contribution in [2.24, 2.45) is 0 Å². The van der Waals surface area contributed by atoms with E-state index >= 15 is 0 Å². The number of nitrogens with zero attached hydrogens (tertiary/aromatic N) is 3. The number of fused-ring (bicyclic) bond motifs is 1. The van der Waals surface area contributed by atoms with Crippen molar-refractivity contribution in [1.29, 1.82) is 0 Å². The van der Waals surface area contributed by atoms with Crippen LogP contribution in [0.4, 0.5) is 8.78 Å². The maximum absolute atomic E-state index is 13.4. The second-order valence-electron chi connectivity index (χ2n) is 6.22. The molecule has 0 radical (unpaired) electrons. The normalized spacial score (nSPS) is 14.7. The van der Waals surface area contributed by atoms with Crippen LogP contribution in [0.25, 0.3) is 11.4 Å². The van der Waals surface area contributed by atoms with Crippen molar-refractivity contribution in [3.05, 3.63) is 77.6 Å². The standard InChI is InChI=1S/C19H15F2N3O2S/c20-15-6-4-13(5-7-15)19-22-11-14-12-24(9-8-18(14)23-19)27(25,26)17-3-1-2-16(21)10-17/h1-7,10-11H,8-9,12H2. The first-order chi connectivity index (χ1) is 12.9. The van der Waals surface area contributed by atoms with Gasteiger partial charge < -0.3 is 0 Å². The molecule has 1 aliphatic rings. The van der Waals surface area contributed by atoms with Crippen molar-refractivity contribution in [2.75, 3.05) is 6.54 Å².